The van der Waals surface area contributed by atoms with Crippen LogP contribution in [0, 0.1) is 6.92 Å². The summed E-state index contributed by atoms with van der Waals surface area (Å²) >= 11 is 0. The van der Waals surface area contributed by atoms with Gasteiger partial charge in [-0.1, -0.05) is 17.7 Å². The highest BCUT2D eigenvalue weighted by Gasteiger charge is 2.18. The number of hydrogen-bond acceptors (Lipinski definition) is 4. The highest BCUT2D eigenvalue weighted by molar-refractivity contribution is 7.89. The fraction of sp³-hybridized carbons (Fsp3) is 0.400. The first-order valence-corrected chi connectivity index (χ1v) is 6.38. The molecular formula is C10H16N2O3S. The highest BCUT2D eigenvalue weighted by Crippen LogP contribution is 2.10. The van der Waals surface area contributed by atoms with Gasteiger partial charge in [0, 0.05) is 6.54 Å². The Morgan fingerprint density at radius 1 is 1.38 bits per heavy atom. The van der Waals surface area contributed by atoms with E-state index in [2.05, 4.69) is 4.72 Å². The number of nitrogens with two attached hydrogens (primary N) is 1. The van der Waals surface area contributed by atoms with E-state index in [-0.39, 0.29) is 18.0 Å². The lowest BCUT2D eigenvalue weighted by Gasteiger charge is -2.14. The third-order valence-corrected chi connectivity index (χ3v) is 3.69. The maximum Gasteiger partial charge on any atom is 0.240 e. The first-order chi connectivity index (χ1) is 7.49. The van der Waals surface area contributed by atoms with Crippen LogP contribution in [-0.4, -0.2) is 32.7 Å². The van der Waals surface area contributed by atoms with Gasteiger partial charge in [0.15, 0.2) is 0 Å². The monoisotopic (exact) mass is 244 g/mol. The minimum atomic E-state index is -3.59. The van der Waals surface area contributed by atoms with Gasteiger partial charge in [-0.3, -0.25) is 0 Å². The molecule has 4 N–H and O–H groups in total. The fourth-order valence-corrected chi connectivity index (χ4v) is 2.40. The van der Waals surface area contributed by atoms with Crippen molar-refractivity contribution in [3.63, 3.8) is 0 Å². The predicted octanol–water partition coefficient (Wildman–Crippen LogP) is -0.407. The van der Waals surface area contributed by atoms with Gasteiger partial charge in [0.25, 0.3) is 0 Å². The molecule has 90 valence electrons. The largest absolute Gasteiger partial charge is 0.395 e. The van der Waals surface area contributed by atoms with Gasteiger partial charge in [0.1, 0.15) is 0 Å². The Morgan fingerprint density at radius 2 is 1.94 bits per heavy atom. The van der Waals surface area contributed by atoms with Crippen LogP contribution >= 0.6 is 0 Å². The Bertz CT molecular complexity index is 424. The van der Waals surface area contributed by atoms with Gasteiger partial charge >= 0.3 is 0 Å². The Hall–Kier alpha value is -0.950. The molecule has 16 heavy (non-hydrogen) atoms. The van der Waals surface area contributed by atoms with E-state index in [1.54, 1.807) is 12.1 Å². The zero-order chi connectivity index (χ0) is 12.2. The van der Waals surface area contributed by atoms with Gasteiger partial charge in [0.05, 0.1) is 17.5 Å². The average molecular weight is 244 g/mol. The van der Waals surface area contributed by atoms with Crippen molar-refractivity contribution in [1.82, 2.24) is 4.72 Å². The lowest BCUT2D eigenvalue weighted by atomic mass is 10.2. The topological polar surface area (TPSA) is 92.4 Å². The van der Waals surface area contributed by atoms with E-state index in [0.29, 0.717) is 0 Å². The SMILES string of the molecule is Cc1ccc(S(=O)(=O)N[C@@H](CN)CO)cc1. The van der Waals surface area contributed by atoms with Crippen LogP contribution in [0.2, 0.25) is 0 Å². The van der Waals surface area contributed by atoms with Crippen molar-refractivity contribution in [2.24, 2.45) is 5.73 Å². The summed E-state index contributed by atoms with van der Waals surface area (Å²) in [6, 6.07) is 5.81. The molecule has 0 amide bonds. The smallest absolute Gasteiger partial charge is 0.240 e. The quantitative estimate of drug-likeness (QED) is 0.656. The van der Waals surface area contributed by atoms with E-state index in [9.17, 15) is 8.42 Å². The number of aryl methyl sites for hydroxylation is 1. The molecule has 0 bridgehead atoms. The zero-order valence-corrected chi connectivity index (χ0v) is 9.87. The van der Waals surface area contributed by atoms with Gasteiger partial charge in [-0.25, -0.2) is 13.1 Å². The molecule has 1 aromatic carbocycles. The average Bonchev–Trinajstić information content (AvgIpc) is 2.26. The number of benzene rings is 1. The van der Waals surface area contributed by atoms with Crippen LogP contribution in [-0.2, 0) is 10.0 Å². The molecule has 1 rings (SSSR count). The molecule has 5 nitrogen and oxygen atoms in total. The molecule has 6 heteroatoms. The van der Waals surface area contributed by atoms with Crippen LogP contribution in [0.15, 0.2) is 29.2 Å². The van der Waals surface area contributed by atoms with E-state index < -0.39 is 16.1 Å². The molecule has 1 aromatic rings. The molecule has 0 heterocycles. The number of hydrogen-bond donors (Lipinski definition) is 3. The maximum atomic E-state index is 11.8. The van der Waals surface area contributed by atoms with E-state index in [0.717, 1.165) is 5.56 Å². The van der Waals surface area contributed by atoms with E-state index in [1.165, 1.54) is 12.1 Å². The molecule has 0 aliphatic heterocycles. The highest BCUT2D eigenvalue weighted by atomic mass is 32.2. The molecule has 0 aliphatic carbocycles. The third kappa shape index (κ3) is 3.28. The third-order valence-electron chi connectivity index (χ3n) is 2.16. The van der Waals surface area contributed by atoms with Gasteiger partial charge in [-0.05, 0) is 19.1 Å². The molecule has 0 radical (unpaired) electrons. The molecule has 1 atom stereocenters. The molecule has 0 spiro atoms. The van der Waals surface area contributed by atoms with Crippen molar-refractivity contribution in [3.8, 4) is 0 Å². The van der Waals surface area contributed by atoms with Crippen LogP contribution in [0.4, 0.5) is 0 Å². The molecule has 0 unspecified atom stereocenters. The summed E-state index contributed by atoms with van der Waals surface area (Å²) in [7, 11) is -3.59. The van der Waals surface area contributed by atoms with E-state index >= 15 is 0 Å². The lowest BCUT2D eigenvalue weighted by molar-refractivity contribution is 0.259. The Kier molecular flexibility index (Phi) is 4.43. The van der Waals surface area contributed by atoms with Gasteiger partial charge in [-0.15, -0.1) is 0 Å². The van der Waals surface area contributed by atoms with Crippen LogP contribution in [0.1, 0.15) is 5.56 Å². The van der Waals surface area contributed by atoms with Crippen molar-refractivity contribution >= 4 is 10.0 Å². The summed E-state index contributed by atoms with van der Waals surface area (Å²) < 4.78 is 25.9. The number of aliphatic hydroxyl groups excluding tert-OH is 1. The number of nitrogens with one attached hydrogen (secondary N) is 1. The normalized spacial score (nSPS) is 13.7. The van der Waals surface area contributed by atoms with Crippen LogP contribution in [0.3, 0.4) is 0 Å². The maximum absolute atomic E-state index is 11.8. The first kappa shape index (κ1) is 13.1. The summed E-state index contributed by atoms with van der Waals surface area (Å²) in [6.07, 6.45) is 0. The van der Waals surface area contributed by atoms with E-state index in [4.69, 9.17) is 10.8 Å². The fourth-order valence-electron chi connectivity index (χ4n) is 1.16. The van der Waals surface area contributed by atoms with E-state index in [1.807, 2.05) is 6.92 Å². The van der Waals surface area contributed by atoms with Gasteiger partial charge in [0.2, 0.25) is 10.0 Å². The van der Waals surface area contributed by atoms with Crippen LogP contribution in [0.5, 0.6) is 0 Å². The zero-order valence-electron chi connectivity index (χ0n) is 9.05. The molecule has 0 saturated carbocycles. The minimum absolute atomic E-state index is 0.0571. The summed E-state index contributed by atoms with van der Waals surface area (Å²) in [6.45, 7) is 1.61. The minimum Gasteiger partial charge on any atom is -0.395 e. The molecule has 0 aromatic heterocycles. The van der Waals surface area contributed by atoms with Crippen molar-refractivity contribution in [2.45, 2.75) is 17.9 Å². The van der Waals surface area contributed by atoms with Crippen LogP contribution in [0.25, 0.3) is 0 Å². The second-order valence-electron chi connectivity index (χ2n) is 3.55. The Balaban J connectivity index is 2.89. The molecule has 0 aliphatic rings. The number of sulfonamides is 1. The summed E-state index contributed by atoms with van der Waals surface area (Å²) in [5.41, 5.74) is 6.29. The first-order valence-electron chi connectivity index (χ1n) is 4.89. The van der Waals surface area contributed by atoms with Crippen molar-refractivity contribution < 1.29 is 13.5 Å². The Labute approximate surface area is 95.3 Å². The lowest BCUT2D eigenvalue weighted by Crippen LogP contribution is -2.42. The molecule has 0 saturated heterocycles. The predicted molar refractivity (Wildman–Crippen MR) is 61.4 cm³/mol. The Morgan fingerprint density at radius 3 is 2.38 bits per heavy atom. The van der Waals surface area contributed by atoms with Crippen molar-refractivity contribution in [3.05, 3.63) is 29.8 Å². The number of aliphatic hydroxyl groups is 1. The summed E-state index contributed by atoms with van der Waals surface area (Å²) in [5.74, 6) is 0. The molecular weight excluding hydrogens is 228 g/mol. The van der Waals surface area contributed by atoms with Crippen molar-refractivity contribution in [1.29, 1.82) is 0 Å². The second-order valence-corrected chi connectivity index (χ2v) is 5.26. The molecule has 0 fully saturated rings. The van der Waals surface area contributed by atoms with Gasteiger partial charge in [-0.2, -0.15) is 0 Å². The van der Waals surface area contributed by atoms with Crippen molar-refractivity contribution in [2.75, 3.05) is 13.2 Å². The van der Waals surface area contributed by atoms with Crippen LogP contribution < -0.4 is 10.5 Å². The standard InChI is InChI=1S/C10H16N2O3S/c1-8-2-4-10(5-3-8)16(14,15)12-9(6-11)7-13/h2-5,9,12-13H,6-7,11H2,1H3/t9-/m0/s1. The summed E-state index contributed by atoms with van der Waals surface area (Å²) in [4.78, 5) is 0.171. The second kappa shape index (κ2) is 5.40. The summed E-state index contributed by atoms with van der Waals surface area (Å²) in [5, 5.41) is 8.87. The number of rotatable bonds is 5. The van der Waals surface area contributed by atoms with Gasteiger partial charge < -0.3 is 10.8 Å².